The van der Waals surface area contributed by atoms with Gasteiger partial charge in [-0.25, -0.2) is 14.8 Å². The first-order valence-corrected chi connectivity index (χ1v) is 10.6. The highest BCUT2D eigenvalue weighted by molar-refractivity contribution is 5.84. The minimum Gasteiger partial charge on any atom is -0.422 e. The summed E-state index contributed by atoms with van der Waals surface area (Å²) >= 11 is 0. The van der Waals surface area contributed by atoms with Crippen LogP contribution in [0.25, 0.3) is 28.0 Å². The van der Waals surface area contributed by atoms with E-state index in [1.165, 1.54) is 12.8 Å². The van der Waals surface area contributed by atoms with Crippen LogP contribution in [-0.2, 0) is 0 Å². The van der Waals surface area contributed by atoms with Gasteiger partial charge in [0.1, 0.15) is 17.7 Å². The van der Waals surface area contributed by atoms with E-state index in [1.807, 2.05) is 36.4 Å². The van der Waals surface area contributed by atoms with E-state index in [-0.39, 0.29) is 11.2 Å². The van der Waals surface area contributed by atoms with Gasteiger partial charge in [-0.2, -0.15) is 0 Å². The highest BCUT2D eigenvalue weighted by atomic mass is 16.4. The van der Waals surface area contributed by atoms with E-state index in [1.54, 1.807) is 23.3 Å². The van der Waals surface area contributed by atoms with Gasteiger partial charge in [0.15, 0.2) is 0 Å². The van der Waals surface area contributed by atoms with Crippen LogP contribution in [0.3, 0.4) is 0 Å². The zero-order valence-corrected chi connectivity index (χ0v) is 17.3. The van der Waals surface area contributed by atoms with Crippen LogP contribution < -0.4 is 15.8 Å². The van der Waals surface area contributed by atoms with Gasteiger partial charge in [0.05, 0.1) is 11.3 Å². The Morgan fingerprint density at radius 2 is 2.06 bits per heavy atom. The van der Waals surface area contributed by atoms with Gasteiger partial charge in [0, 0.05) is 54.2 Å². The molecular formula is C24H23N5O2. The molecule has 1 spiro atoms. The third kappa shape index (κ3) is 3.31. The summed E-state index contributed by atoms with van der Waals surface area (Å²) in [4.78, 5) is 23.9. The Morgan fingerprint density at radius 1 is 1.16 bits per heavy atom. The number of hydrogen-bond donors (Lipinski definition) is 1. The van der Waals surface area contributed by atoms with Crippen molar-refractivity contribution in [3.05, 3.63) is 71.6 Å². The van der Waals surface area contributed by atoms with Crippen molar-refractivity contribution in [1.29, 1.82) is 0 Å². The van der Waals surface area contributed by atoms with Crippen molar-refractivity contribution >= 4 is 16.7 Å². The molecule has 31 heavy (non-hydrogen) atoms. The van der Waals surface area contributed by atoms with Crippen molar-refractivity contribution in [1.82, 2.24) is 19.9 Å². The normalized spacial score (nSPS) is 19.8. The number of nitrogens with one attached hydrogen (secondary N) is 1. The summed E-state index contributed by atoms with van der Waals surface area (Å²) in [6.45, 7) is 4.17. The number of imidazole rings is 1. The van der Waals surface area contributed by atoms with Crippen molar-refractivity contribution in [3.8, 4) is 17.1 Å². The molecule has 1 aromatic carbocycles. The van der Waals surface area contributed by atoms with Gasteiger partial charge < -0.3 is 14.6 Å². The molecule has 1 saturated heterocycles. The van der Waals surface area contributed by atoms with Gasteiger partial charge in [-0.1, -0.05) is 6.07 Å². The van der Waals surface area contributed by atoms with Gasteiger partial charge in [-0.05, 0) is 50.1 Å². The molecule has 1 atom stereocenters. The molecule has 2 fully saturated rings. The van der Waals surface area contributed by atoms with Crippen LogP contribution in [0.1, 0.15) is 19.8 Å². The molecule has 1 aliphatic heterocycles. The minimum absolute atomic E-state index is 0.268. The number of nitrogens with zero attached hydrogens (tertiary/aromatic N) is 4. The molecule has 0 radical (unpaired) electrons. The first-order valence-electron chi connectivity index (χ1n) is 10.6. The maximum absolute atomic E-state index is 12.8. The molecule has 7 heteroatoms. The number of anilines is 1. The molecule has 156 valence electrons. The maximum Gasteiger partial charge on any atom is 0.345 e. The predicted octanol–water partition coefficient (Wildman–Crippen LogP) is 3.37. The average molecular weight is 413 g/mol. The molecule has 6 rings (SSSR count). The van der Waals surface area contributed by atoms with Crippen molar-refractivity contribution in [2.75, 3.05) is 18.0 Å². The maximum atomic E-state index is 12.8. The molecule has 0 amide bonds. The summed E-state index contributed by atoms with van der Waals surface area (Å²) in [7, 11) is 0. The van der Waals surface area contributed by atoms with E-state index in [0.717, 1.165) is 30.0 Å². The molecule has 4 heterocycles. The second-order valence-electron chi connectivity index (χ2n) is 8.73. The molecule has 1 aliphatic carbocycles. The van der Waals surface area contributed by atoms with Gasteiger partial charge in [0.2, 0.25) is 0 Å². The summed E-state index contributed by atoms with van der Waals surface area (Å²) in [6, 6.07) is 14.1. The van der Waals surface area contributed by atoms with Crippen molar-refractivity contribution in [3.63, 3.8) is 0 Å². The summed E-state index contributed by atoms with van der Waals surface area (Å²) < 4.78 is 7.52. The monoisotopic (exact) mass is 413 g/mol. The Bertz CT molecular complexity index is 1320. The molecule has 7 nitrogen and oxygen atoms in total. The lowest BCUT2D eigenvalue weighted by atomic mass is 10.1. The van der Waals surface area contributed by atoms with Crippen LogP contribution in [0.15, 0.2) is 70.4 Å². The molecule has 1 N–H and O–H groups in total. The number of piperazine rings is 1. The SMILES string of the molecule is C[C@H]1CN(c2ccc3cc(-c4cn(-c5ccccn5)cn4)c(=O)oc3c2)CC2(CC2)N1. The minimum atomic E-state index is -0.386. The quantitative estimate of drug-likeness (QED) is 0.519. The molecule has 0 bridgehead atoms. The zero-order chi connectivity index (χ0) is 21.0. The van der Waals surface area contributed by atoms with Crippen LogP contribution in [0.4, 0.5) is 5.69 Å². The zero-order valence-electron chi connectivity index (χ0n) is 17.3. The lowest BCUT2D eigenvalue weighted by Crippen LogP contribution is -2.57. The van der Waals surface area contributed by atoms with Gasteiger partial charge in [0.25, 0.3) is 0 Å². The Labute approximate surface area is 179 Å². The first kappa shape index (κ1) is 18.3. The topological polar surface area (TPSA) is 76.2 Å². The molecule has 2 aliphatic rings. The lowest BCUT2D eigenvalue weighted by Gasteiger charge is -2.39. The number of aromatic nitrogens is 3. The summed E-state index contributed by atoms with van der Waals surface area (Å²) in [5.41, 5.74) is 2.60. The van der Waals surface area contributed by atoms with E-state index in [0.29, 0.717) is 22.9 Å². The third-order valence-corrected chi connectivity index (χ3v) is 6.25. The third-order valence-electron chi connectivity index (χ3n) is 6.25. The first-order chi connectivity index (χ1) is 15.1. The van der Waals surface area contributed by atoms with Gasteiger partial charge >= 0.3 is 5.63 Å². The second kappa shape index (κ2) is 6.78. The van der Waals surface area contributed by atoms with Crippen LogP contribution in [0, 0.1) is 0 Å². The van der Waals surface area contributed by atoms with Crippen LogP contribution in [0.5, 0.6) is 0 Å². The highest BCUT2D eigenvalue weighted by Gasteiger charge is 2.47. The Morgan fingerprint density at radius 3 is 2.87 bits per heavy atom. The molecular weight excluding hydrogens is 390 g/mol. The smallest absolute Gasteiger partial charge is 0.345 e. The number of fused-ring (bicyclic) bond motifs is 1. The second-order valence-corrected chi connectivity index (χ2v) is 8.73. The van der Waals surface area contributed by atoms with E-state index >= 15 is 0 Å². The Hall–Kier alpha value is -3.45. The molecule has 0 unspecified atom stereocenters. The Kier molecular flexibility index (Phi) is 4.01. The van der Waals surface area contributed by atoms with E-state index in [4.69, 9.17) is 4.42 Å². The van der Waals surface area contributed by atoms with Crippen LogP contribution >= 0.6 is 0 Å². The molecule has 1 saturated carbocycles. The number of benzene rings is 1. The highest BCUT2D eigenvalue weighted by Crippen LogP contribution is 2.40. The Balaban J connectivity index is 1.34. The van der Waals surface area contributed by atoms with Crippen LogP contribution in [0.2, 0.25) is 0 Å². The van der Waals surface area contributed by atoms with E-state index in [2.05, 4.69) is 33.2 Å². The van der Waals surface area contributed by atoms with Crippen LogP contribution in [-0.4, -0.2) is 39.2 Å². The fourth-order valence-electron chi connectivity index (χ4n) is 4.59. The fraction of sp³-hybridized carbons (Fsp3) is 0.292. The summed E-state index contributed by atoms with van der Waals surface area (Å²) in [5.74, 6) is 0.745. The fourth-order valence-corrected chi connectivity index (χ4v) is 4.59. The van der Waals surface area contributed by atoms with E-state index < -0.39 is 0 Å². The number of hydrogen-bond acceptors (Lipinski definition) is 6. The lowest BCUT2D eigenvalue weighted by molar-refractivity contribution is 0.372. The van der Waals surface area contributed by atoms with Crippen molar-refractivity contribution in [2.24, 2.45) is 0 Å². The summed E-state index contributed by atoms with van der Waals surface area (Å²) in [6.07, 6.45) is 7.63. The average Bonchev–Trinajstić information content (AvgIpc) is 3.32. The number of pyridine rings is 1. The molecule has 4 aromatic rings. The predicted molar refractivity (Wildman–Crippen MR) is 120 cm³/mol. The number of rotatable bonds is 3. The largest absolute Gasteiger partial charge is 0.422 e. The standard InChI is InChI=1S/C24H23N5O2/c1-16-12-28(14-24(27-16)7-8-24)18-6-5-17-10-19(23(30)31-21(17)11-18)20-13-29(15-26-20)22-4-2-3-9-25-22/h2-6,9-11,13,15-16,27H,7-8,12,14H2,1H3/t16-/m0/s1. The van der Waals surface area contributed by atoms with E-state index in [9.17, 15) is 4.79 Å². The van der Waals surface area contributed by atoms with Crippen molar-refractivity contribution < 1.29 is 4.42 Å². The van der Waals surface area contributed by atoms with Gasteiger partial charge in [-0.15, -0.1) is 0 Å². The molecule has 3 aromatic heterocycles. The van der Waals surface area contributed by atoms with Gasteiger partial charge in [-0.3, -0.25) is 4.57 Å². The summed E-state index contributed by atoms with van der Waals surface area (Å²) in [5, 5.41) is 4.61. The van der Waals surface area contributed by atoms with Crippen molar-refractivity contribution in [2.45, 2.75) is 31.3 Å².